The number of nitrogens with zero attached hydrogens (tertiary/aromatic N) is 3. The highest BCUT2D eigenvalue weighted by atomic mass is 16.1. The molecule has 4 rings (SSSR count). The van der Waals surface area contributed by atoms with E-state index in [-0.39, 0.29) is 5.69 Å². The number of hydrogen-bond acceptors (Lipinski definition) is 5. The first-order valence-electron chi connectivity index (χ1n) is 9.17. The largest absolute Gasteiger partial charge is 0.368 e. The van der Waals surface area contributed by atoms with E-state index in [0.717, 1.165) is 11.9 Å². The molecule has 0 fully saturated rings. The lowest BCUT2D eigenvalue weighted by Crippen LogP contribution is -2.16. The van der Waals surface area contributed by atoms with E-state index in [0.29, 0.717) is 23.6 Å². The smallest absolute Gasteiger partial charge is 0.276 e. The predicted octanol–water partition coefficient (Wildman–Crippen LogP) is 3.74. The lowest BCUT2D eigenvalue weighted by Gasteiger charge is -2.07. The van der Waals surface area contributed by atoms with Crippen LogP contribution in [0, 0.1) is 11.3 Å². The van der Waals surface area contributed by atoms with E-state index in [2.05, 4.69) is 37.9 Å². The van der Waals surface area contributed by atoms with E-state index in [4.69, 9.17) is 5.26 Å². The molecule has 0 radical (unpaired) electrons. The van der Waals surface area contributed by atoms with Crippen LogP contribution >= 0.6 is 0 Å². The van der Waals surface area contributed by atoms with Crippen molar-refractivity contribution in [1.82, 2.24) is 15.2 Å². The van der Waals surface area contributed by atoms with Crippen LogP contribution in [0.2, 0.25) is 0 Å². The number of fused-ring (bicyclic) bond motifs is 1. The average molecular weight is 382 g/mol. The van der Waals surface area contributed by atoms with Gasteiger partial charge in [0.1, 0.15) is 11.9 Å². The highest BCUT2D eigenvalue weighted by molar-refractivity contribution is 6.03. The summed E-state index contributed by atoms with van der Waals surface area (Å²) in [5, 5.41) is 24.3. The third-order valence-electron chi connectivity index (χ3n) is 4.57. The van der Waals surface area contributed by atoms with Gasteiger partial charge in [-0.2, -0.15) is 5.26 Å². The van der Waals surface area contributed by atoms with Crippen LogP contribution in [-0.4, -0.2) is 27.6 Å². The molecule has 3 N–H and O–H groups in total. The summed E-state index contributed by atoms with van der Waals surface area (Å²) in [7, 11) is 0. The second kappa shape index (κ2) is 8.23. The molecule has 2 aromatic heterocycles. The number of benzene rings is 2. The minimum Gasteiger partial charge on any atom is -0.368 e. The molecule has 7 nitrogen and oxygen atoms in total. The van der Waals surface area contributed by atoms with Crippen LogP contribution in [0.5, 0.6) is 0 Å². The van der Waals surface area contributed by atoms with E-state index in [1.54, 1.807) is 36.4 Å². The Morgan fingerprint density at radius 3 is 2.69 bits per heavy atom. The first kappa shape index (κ1) is 18.2. The fourth-order valence-electron chi connectivity index (χ4n) is 3.09. The highest BCUT2D eigenvalue weighted by Crippen LogP contribution is 2.18. The van der Waals surface area contributed by atoms with Crippen LogP contribution in [0.3, 0.4) is 0 Å². The number of aromatic nitrogens is 3. The zero-order valence-electron chi connectivity index (χ0n) is 15.5. The number of nitrogens with one attached hydrogen (secondary N) is 3. The molecule has 7 heteroatoms. The van der Waals surface area contributed by atoms with Crippen molar-refractivity contribution in [2.45, 2.75) is 6.42 Å². The maximum absolute atomic E-state index is 12.3. The van der Waals surface area contributed by atoms with Crippen molar-refractivity contribution in [3.63, 3.8) is 0 Å². The molecule has 2 heterocycles. The Morgan fingerprint density at radius 1 is 1.03 bits per heavy atom. The molecular weight excluding hydrogens is 364 g/mol. The maximum atomic E-state index is 12.3. The standard InChI is InChI=1S/C22H18N6O/c23-13-15-5-1-3-7-18(15)26-22(29)20-9-10-21(28-27-20)24-12-11-16-14-25-19-8-4-2-6-17(16)19/h1-10,14,25H,11-12H2,(H,24,28)(H,26,29). The number of nitriles is 1. The molecule has 4 aromatic rings. The first-order valence-corrected chi connectivity index (χ1v) is 9.17. The molecule has 29 heavy (non-hydrogen) atoms. The van der Waals surface area contributed by atoms with Crippen molar-refractivity contribution >= 4 is 28.3 Å². The van der Waals surface area contributed by atoms with Gasteiger partial charge in [-0.25, -0.2) is 0 Å². The SMILES string of the molecule is N#Cc1ccccc1NC(=O)c1ccc(NCCc2c[nH]c3ccccc23)nn1. The van der Waals surface area contributed by atoms with E-state index >= 15 is 0 Å². The molecule has 142 valence electrons. The molecule has 0 atom stereocenters. The van der Waals surface area contributed by atoms with Crippen LogP contribution in [0.25, 0.3) is 10.9 Å². The molecule has 0 saturated heterocycles. The van der Waals surface area contributed by atoms with Crippen LogP contribution in [0.15, 0.2) is 66.9 Å². The summed E-state index contributed by atoms with van der Waals surface area (Å²) in [6.07, 6.45) is 2.85. The quantitative estimate of drug-likeness (QED) is 0.471. The second-order valence-corrected chi connectivity index (χ2v) is 6.45. The van der Waals surface area contributed by atoms with Crippen LogP contribution < -0.4 is 10.6 Å². The van der Waals surface area contributed by atoms with Crippen LogP contribution in [0.1, 0.15) is 21.6 Å². The summed E-state index contributed by atoms with van der Waals surface area (Å²) in [6.45, 7) is 0.692. The van der Waals surface area contributed by atoms with E-state index in [9.17, 15) is 4.79 Å². The number of amides is 1. The summed E-state index contributed by atoms with van der Waals surface area (Å²) in [4.78, 5) is 15.6. The summed E-state index contributed by atoms with van der Waals surface area (Å²) < 4.78 is 0. The Hall–Kier alpha value is -4.18. The predicted molar refractivity (Wildman–Crippen MR) is 112 cm³/mol. The Morgan fingerprint density at radius 2 is 1.86 bits per heavy atom. The molecule has 0 aliphatic heterocycles. The third-order valence-corrected chi connectivity index (χ3v) is 4.57. The zero-order valence-corrected chi connectivity index (χ0v) is 15.5. The zero-order chi connectivity index (χ0) is 20.1. The van der Waals surface area contributed by atoms with Gasteiger partial charge in [-0.15, -0.1) is 10.2 Å². The van der Waals surface area contributed by atoms with Gasteiger partial charge in [-0.1, -0.05) is 30.3 Å². The van der Waals surface area contributed by atoms with Gasteiger partial charge in [0.25, 0.3) is 5.91 Å². The Labute approximate surface area is 167 Å². The lowest BCUT2D eigenvalue weighted by molar-refractivity contribution is 0.102. The molecule has 0 aliphatic rings. The van der Waals surface area contributed by atoms with Gasteiger partial charge in [-0.05, 0) is 42.3 Å². The number of hydrogen-bond donors (Lipinski definition) is 3. The number of carbonyl (C=O) groups is 1. The minimum atomic E-state index is -0.412. The van der Waals surface area contributed by atoms with Gasteiger partial charge >= 0.3 is 0 Å². The maximum Gasteiger partial charge on any atom is 0.276 e. The molecule has 0 aliphatic carbocycles. The summed E-state index contributed by atoms with van der Waals surface area (Å²) in [5.41, 5.74) is 3.37. The van der Waals surface area contributed by atoms with Gasteiger partial charge in [0.2, 0.25) is 0 Å². The van der Waals surface area contributed by atoms with Crippen molar-refractivity contribution < 1.29 is 4.79 Å². The summed E-state index contributed by atoms with van der Waals surface area (Å²) >= 11 is 0. The first-order chi connectivity index (χ1) is 14.2. The number of aromatic amines is 1. The van der Waals surface area contributed by atoms with Gasteiger partial charge in [0.15, 0.2) is 5.69 Å². The van der Waals surface area contributed by atoms with E-state index < -0.39 is 5.91 Å². The molecule has 1 amide bonds. The number of para-hydroxylation sites is 2. The molecule has 0 saturated carbocycles. The summed E-state index contributed by atoms with van der Waals surface area (Å²) in [5.74, 6) is 0.185. The van der Waals surface area contributed by atoms with Crippen LogP contribution in [0.4, 0.5) is 11.5 Å². The monoisotopic (exact) mass is 382 g/mol. The summed E-state index contributed by atoms with van der Waals surface area (Å²) in [6, 6.07) is 20.3. The number of H-pyrrole nitrogens is 1. The number of rotatable bonds is 6. The van der Waals surface area contributed by atoms with E-state index in [1.165, 1.54) is 10.9 Å². The van der Waals surface area contributed by atoms with Crippen molar-refractivity contribution in [3.05, 3.63) is 83.7 Å². The van der Waals surface area contributed by atoms with Gasteiger partial charge in [0.05, 0.1) is 11.3 Å². The van der Waals surface area contributed by atoms with Gasteiger partial charge in [-0.3, -0.25) is 4.79 Å². The average Bonchev–Trinajstić information content (AvgIpc) is 3.18. The number of anilines is 2. The normalized spacial score (nSPS) is 10.4. The van der Waals surface area contributed by atoms with Crippen molar-refractivity contribution in [2.75, 3.05) is 17.2 Å². The Kier molecular flexibility index (Phi) is 5.16. The Bertz CT molecular complexity index is 1190. The number of carbonyl (C=O) groups excluding carboxylic acids is 1. The molecular formula is C22H18N6O. The molecule has 0 bridgehead atoms. The van der Waals surface area contributed by atoms with Crippen molar-refractivity contribution in [3.8, 4) is 6.07 Å². The van der Waals surface area contributed by atoms with Crippen LogP contribution in [-0.2, 0) is 6.42 Å². The fourth-order valence-corrected chi connectivity index (χ4v) is 3.09. The second-order valence-electron chi connectivity index (χ2n) is 6.45. The fraction of sp³-hybridized carbons (Fsp3) is 0.0909. The Balaban J connectivity index is 1.35. The lowest BCUT2D eigenvalue weighted by atomic mass is 10.1. The molecule has 2 aromatic carbocycles. The van der Waals surface area contributed by atoms with Gasteiger partial charge < -0.3 is 15.6 Å². The molecule has 0 spiro atoms. The van der Waals surface area contributed by atoms with E-state index in [1.807, 2.05) is 24.4 Å². The topological polar surface area (TPSA) is 106 Å². The van der Waals surface area contributed by atoms with Gasteiger partial charge in [0, 0.05) is 23.6 Å². The van der Waals surface area contributed by atoms with Crippen molar-refractivity contribution in [2.24, 2.45) is 0 Å². The highest BCUT2D eigenvalue weighted by Gasteiger charge is 2.11. The third kappa shape index (κ3) is 4.06. The molecule has 0 unspecified atom stereocenters. The minimum absolute atomic E-state index is 0.180. The van der Waals surface area contributed by atoms with Crippen molar-refractivity contribution in [1.29, 1.82) is 5.26 Å².